The van der Waals surface area contributed by atoms with Crippen molar-refractivity contribution in [3.8, 4) is 17.2 Å². The second kappa shape index (κ2) is 12.1. The van der Waals surface area contributed by atoms with Gasteiger partial charge in [0.2, 0.25) is 0 Å². The fourth-order valence-electron chi connectivity index (χ4n) is 5.01. The molecular weight excluding hydrogens is 518 g/mol. The van der Waals surface area contributed by atoms with E-state index >= 15 is 0 Å². The summed E-state index contributed by atoms with van der Waals surface area (Å²) in [5.41, 5.74) is 2.19. The minimum Gasteiger partial charge on any atom is -0.507 e. The SMILES string of the molecule is CCOc1cccc(N2C(=O)C(=O)/C(=C(\O)c3ccc(OCC)c(C(C)(C)C)c3)C2c2ccc(OC(C)C)cc2)c1. The summed E-state index contributed by atoms with van der Waals surface area (Å²) in [6.45, 7) is 14.8. The van der Waals surface area contributed by atoms with Crippen molar-refractivity contribution in [1.82, 2.24) is 0 Å². The summed E-state index contributed by atoms with van der Waals surface area (Å²) >= 11 is 0. The van der Waals surface area contributed by atoms with Crippen LogP contribution in [0.4, 0.5) is 5.69 Å². The number of benzene rings is 3. The van der Waals surface area contributed by atoms with Crippen molar-refractivity contribution < 1.29 is 28.9 Å². The van der Waals surface area contributed by atoms with E-state index in [4.69, 9.17) is 14.2 Å². The Morgan fingerprint density at radius 3 is 2.20 bits per heavy atom. The zero-order valence-corrected chi connectivity index (χ0v) is 24.9. The summed E-state index contributed by atoms with van der Waals surface area (Å²) < 4.78 is 17.3. The van der Waals surface area contributed by atoms with E-state index in [0.717, 1.165) is 5.56 Å². The molecule has 216 valence electrons. The third kappa shape index (κ3) is 6.24. The van der Waals surface area contributed by atoms with Gasteiger partial charge in [-0.15, -0.1) is 0 Å². The highest BCUT2D eigenvalue weighted by Gasteiger charge is 2.47. The molecule has 3 aromatic rings. The molecule has 1 N–H and O–H groups in total. The van der Waals surface area contributed by atoms with Crippen LogP contribution in [0.2, 0.25) is 0 Å². The van der Waals surface area contributed by atoms with Gasteiger partial charge < -0.3 is 19.3 Å². The van der Waals surface area contributed by atoms with Gasteiger partial charge in [-0.25, -0.2) is 0 Å². The van der Waals surface area contributed by atoms with E-state index < -0.39 is 17.7 Å². The number of carbonyl (C=O) groups excluding carboxylic acids is 2. The molecule has 1 aliphatic heterocycles. The number of Topliss-reactive ketones (excluding diaryl/α,β-unsaturated/α-hetero) is 1. The highest BCUT2D eigenvalue weighted by molar-refractivity contribution is 6.51. The molecule has 0 radical (unpaired) electrons. The Kier molecular flexibility index (Phi) is 8.76. The predicted octanol–water partition coefficient (Wildman–Crippen LogP) is 7.20. The largest absolute Gasteiger partial charge is 0.507 e. The number of ether oxygens (including phenoxy) is 3. The molecule has 1 fully saturated rings. The fourth-order valence-corrected chi connectivity index (χ4v) is 5.01. The lowest BCUT2D eigenvalue weighted by molar-refractivity contribution is -0.132. The lowest BCUT2D eigenvalue weighted by atomic mass is 9.84. The summed E-state index contributed by atoms with van der Waals surface area (Å²) in [4.78, 5) is 28.7. The summed E-state index contributed by atoms with van der Waals surface area (Å²) in [5.74, 6) is 0.223. The van der Waals surface area contributed by atoms with Crippen molar-refractivity contribution in [3.05, 3.63) is 89.0 Å². The third-order valence-corrected chi connectivity index (χ3v) is 6.78. The standard InChI is InChI=1S/C34H39NO6/c1-8-39-26-12-10-11-24(20-26)35-30(22-13-16-25(17-14-22)41-21(3)4)29(32(37)33(35)38)31(36)23-15-18-28(40-9-2)27(19-23)34(5,6)7/h10-21,30,36H,8-9H2,1-7H3/b31-29-. The van der Waals surface area contributed by atoms with E-state index in [0.29, 0.717) is 47.3 Å². The predicted molar refractivity (Wildman–Crippen MR) is 161 cm³/mol. The second-order valence-corrected chi connectivity index (χ2v) is 11.2. The van der Waals surface area contributed by atoms with Crippen LogP contribution in [0.25, 0.3) is 5.76 Å². The van der Waals surface area contributed by atoms with E-state index in [1.54, 1.807) is 48.5 Å². The average Bonchev–Trinajstić information content (AvgIpc) is 3.18. The van der Waals surface area contributed by atoms with Gasteiger partial charge in [0, 0.05) is 22.9 Å². The highest BCUT2D eigenvalue weighted by atomic mass is 16.5. The van der Waals surface area contributed by atoms with Gasteiger partial charge in [0.05, 0.1) is 30.9 Å². The Bertz CT molecular complexity index is 1450. The normalized spacial score (nSPS) is 16.8. The average molecular weight is 558 g/mol. The van der Waals surface area contributed by atoms with Gasteiger partial charge in [0.25, 0.3) is 11.7 Å². The molecule has 0 bridgehead atoms. The third-order valence-electron chi connectivity index (χ3n) is 6.78. The van der Waals surface area contributed by atoms with Crippen molar-refractivity contribution in [1.29, 1.82) is 0 Å². The van der Waals surface area contributed by atoms with Crippen LogP contribution in [0.5, 0.6) is 17.2 Å². The van der Waals surface area contributed by atoms with E-state index in [-0.39, 0.29) is 22.9 Å². The molecule has 0 aliphatic carbocycles. The molecule has 1 amide bonds. The first-order chi connectivity index (χ1) is 19.5. The van der Waals surface area contributed by atoms with Crippen LogP contribution in [0.3, 0.4) is 0 Å². The Balaban J connectivity index is 1.92. The number of anilines is 1. The van der Waals surface area contributed by atoms with Gasteiger partial charge in [-0.05, 0) is 81.1 Å². The number of nitrogens with zero attached hydrogens (tertiary/aromatic N) is 1. The highest BCUT2D eigenvalue weighted by Crippen LogP contribution is 2.44. The van der Waals surface area contributed by atoms with Crippen LogP contribution >= 0.6 is 0 Å². The van der Waals surface area contributed by atoms with Crippen LogP contribution in [0, 0.1) is 0 Å². The number of hydrogen-bond acceptors (Lipinski definition) is 6. The second-order valence-electron chi connectivity index (χ2n) is 11.2. The lowest BCUT2D eigenvalue weighted by Crippen LogP contribution is -2.29. The van der Waals surface area contributed by atoms with Crippen molar-refractivity contribution in [3.63, 3.8) is 0 Å². The minimum absolute atomic E-state index is 0.00976. The first-order valence-corrected chi connectivity index (χ1v) is 14.0. The molecule has 1 unspecified atom stereocenters. The van der Waals surface area contributed by atoms with Crippen molar-refractivity contribution in [2.75, 3.05) is 18.1 Å². The molecule has 0 spiro atoms. The molecular formula is C34H39NO6. The molecule has 1 aliphatic rings. The topological polar surface area (TPSA) is 85.3 Å². The Hall–Kier alpha value is -4.26. The molecule has 7 nitrogen and oxygen atoms in total. The number of amides is 1. The quantitative estimate of drug-likeness (QED) is 0.170. The lowest BCUT2D eigenvalue weighted by Gasteiger charge is -2.26. The molecule has 1 heterocycles. The van der Waals surface area contributed by atoms with E-state index in [9.17, 15) is 14.7 Å². The first kappa shape index (κ1) is 29.7. The van der Waals surface area contributed by atoms with Crippen molar-refractivity contribution in [2.45, 2.75) is 66.0 Å². The number of hydrogen-bond donors (Lipinski definition) is 1. The molecule has 0 saturated carbocycles. The molecule has 7 heteroatoms. The summed E-state index contributed by atoms with van der Waals surface area (Å²) in [7, 11) is 0. The zero-order valence-electron chi connectivity index (χ0n) is 24.9. The van der Waals surface area contributed by atoms with Crippen LogP contribution in [0.15, 0.2) is 72.3 Å². The molecule has 3 aromatic carbocycles. The number of aliphatic hydroxyl groups excluding tert-OH is 1. The van der Waals surface area contributed by atoms with E-state index in [1.807, 2.05) is 45.9 Å². The number of carbonyl (C=O) groups is 2. The Morgan fingerprint density at radius 1 is 0.902 bits per heavy atom. The van der Waals surface area contributed by atoms with Gasteiger partial charge in [-0.2, -0.15) is 0 Å². The first-order valence-electron chi connectivity index (χ1n) is 14.0. The molecule has 1 atom stereocenters. The molecule has 1 saturated heterocycles. The van der Waals surface area contributed by atoms with Gasteiger partial charge in [0.1, 0.15) is 23.0 Å². The van der Waals surface area contributed by atoms with Gasteiger partial charge in [-0.1, -0.05) is 39.0 Å². The molecule has 4 rings (SSSR count). The van der Waals surface area contributed by atoms with E-state index in [2.05, 4.69) is 20.8 Å². The number of aliphatic hydroxyl groups is 1. The maximum absolute atomic E-state index is 13.7. The van der Waals surface area contributed by atoms with Crippen molar-refractivity contribution >= 4 is 23.1 Å². The van der Waals surface area contributed by atoms with Gasteiger partial charge in [-0.3, -0.25) is 14.5 Å². The smallest absolute Gasteiger partial charge is 0.300 e. The monoisotopic (exact) mass is 557 g/mol. The number of rotatable bonds is 9. The number of ketones is 1. The Morgan fingerprint density at radius 2 is 1.59 bits per heavy atom. The summed E-state index contributed by atoms with van der Waals surface area (Å²) in [5, 5.41) is 11.7. The van der Waals surface area contributed by atoms with Crippen LogP contribution in [-0.2, 0) is 15.0 Å². The minimum atomic E-state index is -0.871. The zero-order chi connectivity index (χ0) is 29.9. The fraction of sp³-hybridized carbons (Fsp3) is 0.353. The maximum Gasteiger partial charge on any atom is 0.300 e. The summed E-state index contributed by atoms with van der Waals surface area (Å²) in [6, 6.07) is 18.8. The molecule has 0 aromatic heterocycles. The van der Waals surface area contributed by atoms with Crippen LogP contribution in [-0.4, -0.2) is 36.1 Å². The van der Waals surface area contributed by atoms with Gasteiger partial charge >= 0.3 is 0 Å². The van der Waals surface area contributed by atoms with E-state index in [1.165, 1.54) is 4.90 Å². The van der Waals surface area contributed by atoms with Gasteiger partial charge in [0.15, 0.2) is 0 Å². The van der Waals surface area contributed by atoms with Crippen molar-refractivity contribution in [2.24, 2.45) is 0 Å². The Labute approximate surface area is 242 Å². The maximum atomic E-state index is 13.7. The van der Waals surface area contributed by atoms with Crippen LogP contribution in [0.1, 0.15) is 71.2 Å². The summed E-state index contributed by atoms with van der Waals surface area (Å²) in [6.07, 6.45) is -0.00976. The molecule has 41 heavy (non-hydrogen) atoms. The van der Waals surface area contributed by atoms with Crippen LogP contribution < -0.4 is 19.1 Å².